The van der Waals surface area contributed by atoms with Crippen molar-refractivity contribution in [3.63, 3.8) is 0 Å². The molecule has 4 rings (SSSR count). The molecule has 0 bridgehead atoms. The van der Waals surface area contributed by atoms with Gasteiger partial charge in [-0.1, -0.05) is 19.1 Å². The first-order chi connectivity index (χ1) is 13.9. The molecular weight excluding hydrogens is 386 g/mol. The number of carbonyl (C=O) groups is 2. The van der Waals surface area contributed by atoms with Gasteiger partial charge in [-0.3, -0.25) is 9.59 Å². The second kappa shape index (κ2) is 7.48. The van der Waals surface area contributed by atoms with Crippen LogP contribution >= 0.6 is 11.3 Å². The zero-order chi connectivity index (χ0) is 20.6. The summed E-state index contributed by atoms with van der Waals surface area (Å²) < 4.78 is 6.93. The first-order valence-corrected chi connectivity index (χ1v) is 10.5. The molecule has 1 aliphatic rings. The fourth-order valence-electron chi connectivity index (χ4n) is 3.32. The molecule has 2 heterocycles. The van der Waals surface area contributed by atoms with Gasteiger partial charge < -0.3 is 15.0 Å². The lowest BCUT2D eigenvalue weighted by atomic mass is 9.93. The number of rotatable bonds is 4. The summed E-state index contributed by atoms with van der Waals surface area (Å²) in [6.45, 7) is 6.72. The normalized spacial score (nSPS) is 15.6. The van der Waals surface area contributed by atoms with E-state index >= 15 is 0 Å². The average molecular weight is 410 g/mol. The third-order valence-corrected chi connectivity index (χ3v) is 5.89. The molecule has 0 fully saturated rings. The number of carbonyl (C=O) groups excluding carboxylic acids is 2. The predicted molar refractivity (Wildman–Crippen MR) is 116 cm³/mol. The van der Waals surface area contributed by atoms with E-state index in [0.717, 1.165) is 22.3 Å². The van der Waals surface area contributed by atoms with Crippen molar-refractivity contribution in [2.24, 2.45) is 5.41 Å². The van der Waals surface area contributed by atoms with Gasteiger partial charge in [0, 0.05) is 18.3 Å². The Hall–Kier alpha value is -2.93. The number of hydrogen-bond acceptors (Lipinski definition) is 5. The number of aromatic nitrogens is 1. The maximum Gasteiger partial charge on any atom is 0.284 e. The number of nitrogens with one attached hydrogen (secondary N) is 1. The van der Waals surface area contributed by atoms with Crippen LogP contribution in [0.4, 0.5) is 11.4 Å². The lowest BCUT2D eigenvalue weighted by Crippen LogP contribution is -2.42. The Bertz CT molecular complexity index is 1060. The molecule has 0 unspecified atom stereocenters. The SMILES string of the molecule is CCCN1C(=O)C(C)(C)COc2cc(NC(=O)c3nc4ccccc4s3)ccc21. The fraction of sp³-hybridized carbons (Fsp3) is 0.318. The highest BCUT2D eigenvalue weighted by atomic mass is 32.1. The topological polar surface area (TPSA) is 71.5 Å². The van der Waals surface area contributed by atoms with Crippen molar-refractivity contribution in [3.05, 3.63) is 47.5 Å². The van der Waals surface area contributed by atoms with Gasteiger partial charge in [-0.2, -0.15) is 0 Å². The van der Waals surface area contributed by atoms with E-state index < -0.39 is 5.41 Å². The van der Waals surface area contributed by atoms with Crippen molar-refractivity contribution in [2.45, 2.75) is 27.2 Å². The highest BCUT2D eigenvalue weighted by Crippen LogP contribution is 2.38. The summed E-state index contributed by atoms with van der Waals surface area (Å²) in [7, 11) is 0. The second-order valence-corrected chi connectivity index (χ2v) is 8.78. The van der Waals surface area contributed by atoms with Crippen LogP contribution in [0.3, 0.4) is 0 Å². The van der Waals surface area contributed by atoms with E-state index in [4.69, 9.17) is 4.74 Å². The quantitative estimate of drug-likeness (QED) is 0.677. The van der Waals surface area contributed by atoms with Crippen LogP contribution in [0.1, 0.15) is 37.0 Å². The van der Waals surface area contributed by atoms with Gasteiger partial charge in [0.1, 0.15) is 12.4 Å². The number of amides is 2. The summed E-state index contributed by atoms with van der Waals surface area (Å²) >= 11 is 1.36. The van der Waals surface area contributed by atoms with Crippen molar-refractivity contribution in [3.8, 4) is 5.75 Å². The van der Waals surface area contributed by atoms with Crippen molar-refractivity contribution >= 4 is 44.7 Å². The van der Waals surface area contributed by atoms with Crippen LogP contribution in [-0.4, -0.2) is 29.9 Å². The first kappa shape index (κ1) is 19.4. The van der Waals surface area contributed by atoms with Crippen LogP contribution in [0, 0.1) is 5.41 Å². The second-order valence-electron chi connectivity index (χ2n) is 7.75. The maximum absolute atomic E-state index is 12.9. The minimum atomic E-state index is -0.613. The highest BCUT2D eigenvalue weighted by Gasteiger charge is 2.37. The van der Waals surface area contributed by atoms with E-state index in [1.54, 1.807) is 17.0 Å². The average Bonchev–Trinajstić information content (AvgIpc) is 3.11. The minimum Gasteiger partial charge on any atom is -0.490 e. The Balaban J connectivity index is 1.61. The van der Waals surface area contributed by atoms with Crippen LogP contribution in [0.25, 0.3) is 10.2 Å². The van der Waals surface area contributed by atoms with Gasteiger partial charge in [0.2, 0.25) is 5.91 Å². The molecule has 1 aromatic heterocycles. The van der Waals surface area contributed by atoms with Gasteiger partial charge >= 0.3 is 0 Å². The number of nitrogens with zero attached hydrogens (tertiary/aromatic N) is 2. The van der Waals surface area contributed by atoms with E-state index in [0.29, 0.717) is 23.0 Å². The summed E-state index contributed by atoms with van der Waals surface area (Å²) in [6.07, 6.45) is 0.845. The highest BCUT2D eigenvalue weighted by molar-refractivity contribution is 7.20. The number of ether oxygens (including phenoxy) is 1. The van der Waals surface area contributed by atoms with Crippen LogP contribution in [-0.2, 0) is 4.79 Å². The van der Waals surface area contributed by atoms with E-state index in [2.05, 4.69) is 10.3 Å². The monoisotopic (exact) mass is 409 g/mol. The van der Waals surface area contributed by atoms with Gasteiger partial charge in [0.25, 0.3) is 5.91 Å². The summed E-state index contributed by atoms with van der Waals surface area (Å²) in [5.41, 5.74) is 1.54. The van der Waals surface area contributed by atoms with Crippen LogP contribution < -0.4 is 15.0 Å². The number of fused-ring (bicyclic) bond motifs is 2. The summed E-state index contributed by atoms with van der Waals surface area (Å²) in [6, 6.07) is 13.1. The van der Waals surface area contributed by atoms with Crippen molar-refractivity contribution in [2.75, 3.05) is 23.4 Å². The van der Waals surface area contributed by atoms with E-state index in [9.17, 15) is 9.59 Å². The van der Waals surface area contributed by atoms with Gasteiger partial charge in [-0.15, -0.1) is 11.3 Å². The van der Waals surface area contributed by atoms with Gasteiger partial charge in [0.05, 0.1) is 21.3 Å². The smallest absolute Gasteiger partial charge is 0.284 e. The Labute approximate surface area is 173 Å². The summed E-state index contributed by atoms with van der Waals surface area (Å²) in [5.74, 6) is 0.380. The van der Waals surface area contributed by atoms with Crippen LogP contribution in [0.5, 0.6) is 5.75 Å². The Morgan fingerprint density at radius 3 is 2.83 bits per heavy atom. The van der Waals surface area contributed by atoms with E-state index in [-0.39, 0.29) is 18.4 Å². The molecule has 2 amide bonds. The zero-order valence-corrected chi connectivity index (χ0v) is 17.5. The molecule has 29 heavy (non-hydrogen) atoms. The van der Waals surface area contributed by atoms with Crippen LogP contribution in [0.15, 0.2) is 42.5 Å². The first-order valence-electron chi connectivity index (χ1n) is 9.65. The molecule has 0 atom stereocenters. The minimum absolute atomic E-state index is 0.0457. The molecule has 6 nitrogen and oxygen atoms in total. The lowest BCUT2D eigenvalue weighted by molar-refractivity contribution is -0.127. The van der Waals surface area contributed by atoms with Gasteiger partial charge in [-0.05, 0) is 44.5 Å². The molecule has 3 aromatic rings. The number of hydrogen-bond donors (Lipinski definition) is 1. The zero-order valence-electron chi connectivity index (χ0n) is 16.7. The third-order valence-electron chi connectivity index (χ3n) is 4.86. The molecule has 0 radical (unpaired) electrons. The third kappa shape index (κ3) is 3.70. The maximum atomic E-state index is 12.9. The van der Waals surface area contributed by atoms with Crippen LogP contribution in [0.2, 0.25) is 0 Å². The summed E-state index contributed by atoms with van der Waals surface area (Å²) in [4.78, 5) is 31.8. The standard InChI is InChI=1S/C22H23N3O3S/c1-4-11-25-16-10-9-14(12-17(16)28-13-22(2,3)21(25)27)23-19(26)20-24-15-7-5-6-8-18(15)29-20/h5-10,12H,4,11,13H2,1-3H3,(H,23,26). The Kier molecular flexibility index (Phi) is 5.00. The Morgan fingerprint density at radius 1 is 1.28 bits per heavy atom. The molecule has 0 saturated heterocycles. The van der Waals surface area contributed by atoms with Crippen molar-refractivity contribution < 1.29 is 14.3 Å². The molecule has 7 heteroatoms. The van der Waals surface area contributed by atoms with Gasteiger partial charge in [-0.25, -0.2) is 4.98 Å². The molecule has 0 spiro atoms. The fourth-order valence-corrected chi connectivity index (χ4v) is 4.19. The molecule has 0 saturated carbocycles. The molecule has 150 valence electrons. The Morgan fingerprint density at radius 2 is 2.07 bits per heavy atom. The van der Waals surface area contributed by atoms with E-state index in [1.165, 1.54) is 11.3 Å². The number of para-hydroxylation sites is 1. The predicted octanol–water partition coefficient (Wildman–Crippen LogP) is 4.71. The number of anilines is 2. The lowest BCUT2D eigenvalue weighted by Gasteiger charge is -2.27. The molecule has 1 aliphatic heterocycles. The van der Waals surface area contributed by atoms with Crippen molar-refractivity contribution in [1.29, 1.82) is 0 Å². The van der Waals surface area contributed by atoms with Crippen molar-refractivity contribution in [1.82, 2.24) is 4.98 Å². The van der Waals surface area contributed by atoms with E-state index in [1.807, 2.05) is 51.1 Å². The number of benzene rings is 2. The summed E-state index contributed by atoms with van der Waals surface area (Å²) in [5, 5.41) is 3.30. The van der Waals surface area contributed by atoms with Gasteiger partial charge in [0.15, 0.2) is 5.01 Å². The largest absolute Gasteiger partial charge is 0.490 e. The molecular formula is C22H23N3O3S. The number of thiazole rings is 1. The molecule has 2 aromatic carbocycles. The molecule has 0 aliphatic carbocycles. The molecule has 1 N–H and O–H groups in total.